The molecule has 6 nitrogen and oxygen atoms in total. The minimum Gasteiger partial charge on any atom is -0.311 e. The van der Waals surface area contributed by atoms with Crippen molar-refractivity contribution in [2.24, 2.45) is 0 Å². The first-order valence-corrected chi connectivity index (χ1v) is 10.6. The molecule has 9 heteroatoms. The second kappa shape index (κ2) is 8.26. The van der Waals surface area contributed by atoms with Crippen molar-refractivity contribution in [2.45, 2.75) is 24.5 Å². The number of hydrogen-bond acceptors (Lipinski definition) is 5. The zero-order valence-corrected chi connectivity index (χ0v) is 17.2. The Morgan fingerprint density at radius 3 is 2.62 bits per heavy atom. The lowest BCUT2D eigenvalue weighted by atomic mass is 10.0. The minimum absolute atomic E-state index is 0.0299. The molecular weight excluding hydrogens is 417 g/mol. The average Bonchev–Trinajstić information content (AvgIpc) is 2.65. The van der Waals surface area contributed by atoms with Gasteiger partial charge in [0.25, 0.3) is 0 Å². The van der Waals surface area contributed by atoms with Crippen LogP contribution >= 0.6 is 11.6 Å². The minimum atomic E-state index is -3.98. The molecule has 0 atom stereocenters. The van der Waals surface area contributed by atoms with Crippen molar-refractivity contribution in [3.63, 3.8) is 0 Å². The van der Waals surface area contributed by atoms with Crippen LogP contribution in [-0.2, 0) is 20.4 Å². The predicted molar refractivity (Wildman–Crippen MR) is 109 cm³/mol. The Kier molecular flexibility index (Phi) is 5.95. The molecule has 0 fully saturated rings. The maximum Gasteiger partial charge on any atom is 0.222 e. The number of halogens is 2. The van der Waals surface area contributed by atoms with Crippen molar-refractivity contribution >= 4 is 33.2 Å². The lowest BCUT2D eigenvalue weighted by Crippen LogP contribution is -2.10. The van der Waals surface area contributed by atoms with E-state index >= 15 is 0 Å². The molecule has 0 bridgehead atoms. The summed E-state index contributed by atoms with van der Waals surface area (Å²) >= 11 is 6.18. The summed E-state index contributed by atoms with van der Waals surface area (Å²) in [4.78, 5) is 19.1. The zero-order chi connectivity index (χ0) is 21.2. The fourth-order valence-electron chi connectivity index (χ4n) is 2.88. The largest absolute Gasteiger partial charge is 0.311 e. The van der Waals surface area contributed by atoms with Crippen LogP contribution in [0.25, 0.3) is 11.1 Å². The zero-order valence-electron chi connectivity index (χ0n) is 15.6. The Bertz CT molecular complexity index is 1200. The summed E-state index contributed by atoms with van der Waals surface area (Å²) in [6.45, 7) is 3.09. The molecule has 0 aliphatic heterocycles. The number of benzene rings is 1. The van der Waals surface area contributed by atoms with E-state index in [2.05, 4.69) is 15.3 Å². The molecule has 0 saturated carbocycles. The molecule has 2 heterocycles. The summed E-state index contributed by atoms with van der Waals surface area (Å²) in [6.07, 6.45) is 3.04. The fourth-order valence-corrected chi connectivity index (χ4v) is 4.76. The SMILES string of the molecule is CC(=O)Nc1cc(-c2cnc(Cl)c(CS(=O)(=O)c3ccccc3F)c2C)ccn1. The van der Waals surface area contributed by atoms with E-state index in [1.54, 1.807) is 19.1 Å². The maximum absolute atomic E-state index is 14.0. The predicted octanol–water partition coefficient (Wildman–Crippen LogP) is 4.18. The van der Waals surface area contributed by atoms with E-state index in [-0.39, 0.29) is 16.6 Å². The van der Waals surface area contributed by atoms with Gasteiger partial charge in [-0.25, -0.2) is 22.8 Å². The highest BCUT2D eigenvalue weighted by molar-refractivity contribution is 7.90. The summed E-state index contributed by atoms with van der Waals surface area (Å²) in [6, 6.07) is 8.54. The van der Waals surface area contributed by atoms with E-state index in [1.807, 2.05) is 0 Å². The Balaban J connectivity index is 2.05. The second-order valence-corrected chi connectivity index (χ2v) is 8.68. The van der Waals surface area contributed by atoms with E-state index in [0.717, 1.165) is 6.07 Å². The number of pyridine rings is 2. The lowest BCUT2D eigenvalue weighted by Gasteiger charge is -2.14. The molecule has 0 unspecified atom stereocenters. The van der Waals surface area contributed by atoms with Crippen molar-refractivity contribution < 1.29 is 17.6 Å². The number of carbonyl (C=O) groups excluding carboxylic acids is 1. The van der Waals surface area contributed by atoms with Crippen LogP contribution in [0.3, 0.4) is 0 Å². The van der Waals surface area contributed by atoms with Crippen molar-refractivity contribution in [1.29, 1.82) is 0 Å². The van der Waals surface area contributed by atoms with Gasteiger partial charge >= 0.3 is 0 Å². The highest BCUT2D eigenvalue weighted by atomic mass is 35.5. The van der Waals surface area contributed by atoms with Crippen LogP contribution in [0.5, 0.6) is 0 Å². The summed E-state index contributed by atoms with van der Waals surface area (Å²) in [7, 11) is -3.98. The summed E-state index contributed by atoms with van der Waals surface area (Å²) in [5.74, 6) is -1.23. The Hall–Kier alpha value is -2.84. The summed E-state index contributed by atoms with van der Waals surface area (Å²) < 4.78 is 39.5. The fraction of sp³-hybridized carbons (Fsp3) is 0.150. The number of nitrogens with zero attached hydrogens (tertiary/aromatic N) is 2. The van der Waals surface area contributed by atoms with Gasteiger partial charge in [0, 0.05) is 30.4 Å². The van der Waals surface area contributed by atoms with E-state index < -0.39 is 26.3 Å². The number of aromatic nitrogens is 2. The highest BCUT2D eigenvalue weighted by Gasteiger charge is 2.23. The van der Waals surface area contributed by atoms with Crippen LogP contribution in [-0.4, -0.2) is 24.3 Å². The first-order valence-electron chi connectivity index (χ1n) is 8.54. The molecule has 2 aromatic heterocycles. The number of sulfone groups is 1. The van der Waals surface area contributed by atoms with Crippen LogP contribution in [0.15, 0.2) is 53.7 Å². The molecule has 0 saturated heterocycles. The smallest absolute Gasteiger partial charge is 0.222 e. The molecule has 3 aromatic rings. The van der Waals surface area contributed by atoms with Gasteiger partial charge in [-0.2, -0.15) is 0 Å². The average molecular weight is 434 g/mol. The van der Waals surface area contributed by atoms with Gasteiger partial charge < -0.3 is 5.32 Å². The monoisotopic (exact) mass is 433 g/mol. The van der Waals surface area contributed by atoms with Crippen LogP contribution in [0, 0.1) is 12.7 Å². The molecule has 0 spiro atoms. The van der Waals surface area contributed by atoms with Gasteiger partial charge in [0.05, 0.1) is 5.75 Å². The van der Waals surface area contributed by atoms with E-state index in [9.17, 15) is 17.6 Å². The maximum atomic E-state index is 14.0. The normalized spacial score (nSPS) is 11.3. The molecule has 1 N–H and O–H groups in total. The molecule has 150 valence electrons. The molecule has 29 heavy (non-hydrogen) atoms. The van der Waals surface area contributed by atoms with Crippen LogP contribution in [0.4, 0.5) is 10.2 Å². The molecule has 3 rings (SSSR count). The van der Waals surface area contributed by atoms with E-state index in [0.29, 0.717) is 22.5 Å². The second-order valence-electron chi connectivity index (χ2n) is 6.37. The van der Waals surface area contributed by atoms with Crippen molar-refractivity contribution in [2.75, 3.05) is 5.32 Å². The van der Waals surface area contributed by atoms with E-state index in [1.165, 1.54) is 37.5 Å². The molecule has 1 aromatic carbocycles. The van der Waals surface area contributed by atoms with Crippen LogP contribution in [0.2, 0.25) is 5.15 Å². The standard InChI is InChI=1S/C20H17ClFN3O3S/c1-12-15(14-7-8-23-19(9-14)25-13(2)26)10-24-20(21)16(12)11-29(27,28)18-6-4-3-5-17(18)22/h3-10H,11H2,1-2H3,(H,23,25,26). The van der Waals surface area contributed by atoms with Gasteiger partial charge in [0.15, 0.2) is 9.84 Å². The van der Waals surface area contributed by atoms with Crippen molar-refractivity contribution in [3.05, 3.63) is 70.9 Å². The Morgan fingerprint density at radius 2 is 1.93 bits per heavy atom. The quantitative estimate of drug-likeness (QED) is 0.610. The number of carbonyl (C=O) groups is 1. The Labute approximate surface area is 172 Å². The third kappa shape index (κ3) is 4.60. The number of anilines is 1. The lowest BCUT2D eigenvalue weighted by molar-refractivity contribution is -0.114. The number of rotatable bonds is 5. The van der Waals surface area contributed by atoms with Gasteiger partial charge in [0.1, 0.15) is 21.7 Å². The summed E-state index contributed by atoms with van der Waals surface area (Å²) in [5, 5.41) is 2.62. The topological polar surface area (TPSA) is 89.0 Å². The number of hydrogen-bond donors (Lipinski definition) is 1. The molecule has 1 amide bonds. The third-order valence-corrected chi connectivity index (χ3v) is 6.29. The first kappa shape index (κ1) is 20.9. The van der Waals surface area contributed by atoms with Gasteiger partial charge in [-0.05, 0) is 42.3 Å². The van der Waals surface area contributed by atoms with Gasteiger partial charge in [0.2, 0.25) is 5.91 Å². The van der Waals surface area contributed by atoms with Crippen molar-refractivity contribution in [3.8, 4) is 11.1 Å². The highest BCUT2D eigenvalue weighted by Crippen LogP contribution is 2.32. The molecule has 0 aliphatic carbocycles. The first-order chi connectivity index (χ1) is 13.7. The van der Waals surface area contributed by atoms with Crippen LogP contribution in [0.1, 0.15) is 18.1 Å². The van der Waals surface area contributed by atoms with Crippen LogP contribution < -0.4 is 5.32 Å². The number of amides is 1. The summed E-state index contributed by atoms with van der Waals surface area (Å²) in [5.41, 5.74) is 2.17. The third-order valence-electron chi connectivity index (χ3n) is 4.29. The van der Waals surface area contributed by atoms with Crippen molar-refractivity contribution in [1.82, 2.24) is 9.97 Å². The number of nitrogens with one attached hydrogen (secondary N) is 1. The van der Waals surface area contributed by atoms with E-state index in [4.69, 9.17) is 11.6 Å². The molecule has 0 aliphatic rings. The molecular formula is C20H17ClFN3O3S. The molecule has 0 radical (unpaired) electrons. The van der Waals surface area contributed by atoms with Gasteiger partial charge in [-0.1, -0.05) is 23.7 Å². The Morgan fingerprint density at radius 1 is 1.21 bits per heavy atom. The van der Waals surface area contributed by atoms with Gasteiger partial charge in [-0.15, -0.1) is 0 Å². The van der Waals surface area contributed by atoms with Gasteiger partial charge in [-0.3, -0.25) is 4.79 Å².